The van der Waals surface area contributed by atoms with Crippen molar-refractivity contribution in [3.63, 3.8) is 0 Å². The Morgan fingerprint density at radius 2 is 2.07 bits per heavy atom. The van der Waals surface area contributed by atoms with E-state index < -0.39 is 0 Å². The Bertz CT molecular complexity index is 271. The van der Waals surface area contributed by atoms with Crippen molar-refractivity contribution < 1.29 is 0 Å². The lowest BCUT2D eigenvalue weighted by Gasteiger charge is -2.26. The molecule has 3 nitrogen and oxygen atoms in total. The normalized spacial score (nSPS) is 10.6. The molecule has 1 rings (SSSR count). The highest BCUT2D eigenvalue weighted by Crippen LogP contribution is 2.14. The highest BCUT2D eigenvalue weighted by molar-refractivity contribution is 6.29. The van der Waals surface area contributed by atoms with Crippen LogP contribution in [-0.4, -0.2) is 22.8 Å². The molecule has 0 unspecified atom stereocenters. The summed E-state index contributed by atoms with van der Waals surface area (Å²) in [6.07, 6.45) is 1.10. The molecule has 0 aliphatic carbocycles. The minimum absolute atomic E-state index is 0.436. The standard InChI is InChI=1S/C10H16ClN3/c1-4-7-14(8(2)3)10-6-5-9(11)12-13-10/h5-6,8H,4,7H2,1-3H3. The maximum absolute atomic E-state index is 5.68. The van der Waals surface area contributed by atoms with Gasteiger partial charge in [0.05, 0.1) is 0 Å². The number of rotatable bonds is 4. The van der Waals surface area contributed by atoms with Crippen molar-refractivity contribution in [2.75, 3.05) is 11.4 Å². The van der Waals surface area contributed by atoms with E-state index in [4.69, 9.17) is 11.6 Å². The highest BCUT2D eigenvalue weighted by atomic mass is 35.5. The third-order valence-electron chi connectivity index (χ3n) is 2.00. The van der Waals surface area contributed by atoms with Crippen LogP contribution in [-0.2, 0) is 0 Å². The fraction of sp³-hybridized carbons (Fsp3) is 0.600. The van der Waals surface area contributed by atoms with Crippen molar-refractivity contribution in [1.82, 2.24) is 10.2 Å². The first-order valence-corrected chi connectivity index (χ1v) is 5.28. The van der Waals surface area contributed by atoms with Crippen LogP contribution in [0, 0.1) is 0 Å². The van der Waals surface area contributed by atoms with Gasteiger partial charge in [0, 0.05) is 12.6 Å². The summed E-state index contributed by atoms with van der Waals surface area (Å²) in [5, 5.41) is 8.34. The van der Waals surface area contributed by atoms with Crippen LogP contribution in [0.2, 0.25) is 5.15 Å². The van der Waals surface area contributed by atoms with E-state index in [1.54, 1.807) is 6.07 Å². The van der Waals surface area contributed by atoms with E-state index in [2.05, 4.69) is 35.9 Å². The van der Waals surface area contributed by atoms with Crippen molar-refractivity contribution in [3.05, 3.63) is 17.3 Å². The van der Waals surface area contributed by atoms with Gasteiger partial charge < -0.3 is 4.90 Å². The molecule has 0 saturated carbocycles. The van der Waals surface area contributed by atoms with Gasteiger partial charge in [-0.15, -0.1) is 10.2 Å². The van der Waals surface area contributed by atoms with Crippen LogP contribution in [0.5, 0.6) is 0 Å². The van der Waals surface area contributed by atoms with Crippen LogP contribution < -0.4 is 4.90 Å². The van der Waals surface area contributed by atoms with E-state index in [9.17, 15) is 0 Å². The molecule has 14 heavy (non-hydrogen) atoms. The van der Waals surface area contributed by atoms with Crippen LogP contribution in [0.1, 0.15) is 27.2 Å². The Morgan fingerprint density at radius 1 is 1.36 bits per heavy atom. The van der Waals surface area contributed by atoms with Crippen LogP contribution in [0.25, 0.3) is 0 Å². The van der Waals surface area contributed by atoms with Crippen LogP contribution in [0.4, 0.5) is 5.82 Å². The highest BCUT2D eigenvalue weighted by Gasteiger charge is 2.10. The molecule has 0 atom stereocenters. The summed E-state index contributed by atoms with van der Waals surface area (Å²) in [5.74, 6) is 0.895. The van der Waals surface area contributed by atoms with Gasteiger partial charge in [0.25, 0.3) is 0 Å². The monoisotopic (exact) mass is 213 g/mol. The lowest BCUT2D eigenvalue weighted by molar-refractivity contribution is 0.656. The fourth-order valence-electron chi connectivity index (χ4n) is 1.34. The Hall–Kier alpha value is -0.830. The molecular weight excluding hydrogens is 198 g/mol. The SMILES string of the molecule is CCCN(c1ccc(Cl)nn1)C(C)C. The molecule has 1 aromatic rings. The molecule has 0 aliphatic heterocycles. The smallest absolute Gasteiger partial charge is 0.151 e. The summed E-state index contributed by atoms with van der Waals surface area (Å²) in [4.78, 5) is 2.21. The summed E-state index contributed by atoms with van der Waals surface area (Å²) in [6.45, 7) is 7.44. The average Bonchev–Trinajstić information content (AvgIpc) is 2.15. The molecule has 0 amide bonds. The third kappa shape index (κ3) is 2.84. The van der Waals surface area contributed by atoms with E-state index in [-0.39, 0.29) is 0 Å². The molecular formula is C10H16ClN3. The summed E-state index contributed by atoms with van der Waals surface area (Å²) in [7, 11) is 0. The van der Waals surface area contributed by atoms with Gasteiger partial charge in [0.15, 0.2) is 11.0 Å². The van der Waals surface area contributed by atoms with Gasteiger partial charge in [-0.3, -0.25) is 0 Å². The van der Waals surface area contributed by atoms with E-state index in [0.717, 1.165) is 18.8 Å². The minimum Gasteiger partial charge on any atom is -0.353 e. The van der Waals surface area contributed by atoms with E-state index in [0.29, 0.717) is 11.2 Å². The predicted molar refractivity (Wildman–Crippen MR) is 59.8 cm³/mol. The fourth-order valence-corrected chi connectivity index (χ4v) is 1.44. The van der Waals surface area contributed by atoms with Crippen molar-refractivity contribution >= 4 is 17.4 Å². The molecule has 1 heterocycles. The van der Waals surface area contributed by atoms with Gasteiger partial charge >= 0.3 is 0 Å². The lowest BCUT2D eigenvalue weighted by atomic mass is 10.3. The number of halogens is 1. The molecule has 0 spiro atoms. The van der Waals surface area contributed by atoms with Crippen molar-refractivity contribution in [2.24, 2.45) is 0 Å². The molecule has 0 bridgehead atoms. The molecule has 0 fully saturated rings. The summed E-state index contributed by atoms with van der Waals surface area (Å²) in [6, 6.07) is 4.12. The zero-order valence-corrected chi connectivity index (χ0v) is 9.62. The quantitative estimate of drug-likeness (QED) is 0.770. The summed E-state index contributed by atoms with van der Waals surface area (Å²) >= 11 is 5.68. The molecule has 0 aliphatic rings. The largest absolute Gasteiger partial charge is 0.353 e. The van der Waals surface area contributed by atoms with Crippen molar-refractivity contribution in [1.29, 1.82) is 0 Å². The number of nitrogens with zero attached hydrogens (tertiary/aromatic N) is 3. The molecule has 0 saturated heterocycles. The second-order valence-electron chi connectivity index (χ2n) is 3.50. The number of aromatic nitrogens is 2. The maximum atomic E-state index is 5.68. The van der Waals surface area contributed by atoms with Gasteiger partial charge in [-0.05, 0) is 32.4 Å². The Labute approximate surface area is 90.1 Å². The average molecular weight is 214 g/mol. The van der Waals surface area contributed by atoms with Gasteiger partial charge in [0.1, 0.15) is 0 Å². The van der Waals surface area contributed by atoms with E-state index in [1.165, 1.54) is 0 Å². The van der Waals surface area contributed by atoms with Gasteiger partial charge in [-0.2, -0.15) is 0 Å². The molecule has 0 aromatic carbocycles. The van der Waals surface area contributed by atoms with Crippen LogP contribution in [0.15, 0.2) is 12.1 Å². The Kier molecular flexibility index (Phi) is 4.14. The second-order valence-corrected chi connectivity index (χ2v) is 3.89. The van der Waals surface area contributed by atoms with Crippen LogP contribution >= 0.6 is 11.6 Å². The molecule has 4 heteroatoms. The number of hydrogen-bond acceptors (Lipinski definition) is 3. The van der Waals surface area contributed by atoms with E-state index >= 15 is 0 Å². The first-order chi connectivity index (χ1) is 6.65. The third-order valence-corrected chi connectivity index (χ3v) is 2.20. The maximum Gasteiger partial charge on any atom is 0.151 e. The lowest BCUT2D eigenvalue weighted by Crippen LogP contribution is -2.32. The summed E-state index contributed by atoms with van der Waals surface area (Å²) < 4.78 is 0. The van der Waals surface area contributed by atoms with E-state index in [1.807, 2.05) is 6.07 Å². The second kappa shape index (κ2) is 5.15. The van der Waals surface area contributed by atoms with Gasteiger partial charge in [-0.1, -0.05) is 18.5 Å². The molecule has 0 N–H and O–H groups in total. The summed E-state index contributed by atoms with van der Waals surface area (Å²) in [5.41, 5.74) is 0. The predicted octanol–water partition coefficient (Wildman–Crippen LogP) is 2.75. The van der Waals surface area contributed by atoms with Crippen molar-refractivity contribution in [2.45, 2.75) is 33.2 Å². The molecule has 1 aromatic heterocycles. The first kappa shape index (κ1) is 11.2. The first-order valence-electron chi connectivity index (χ1n) is 4.91. The Balaban J connectivity index is 2.82. The molecule has 0 radical (unpaired) electrons. The zero-order valence-electron chi connectivity index (χ0n) is 8.87. The van der Waals surface area contributed by atoms with Gasteiger partial charge in [-0.25, -0.2) is 0 Å². The zero-order chi connectivity index (χ0) is 10.6. The number of anilines is 1. The Morgan fingerprint density at radius 3 is 2.50 bits per heavy atom. The molecule has 78 valence electrons. The minimum atomic E-state index is 0.436. The van der Waals surface area contributed by atoms with Crippen molar-refractivity contribution in [3.8, 4) is 0 Å². The van der Waals surface area contributed by atoms with Crippen LogP contribution in [0.3, 0.4) is 0 Å². The van der Waals surface area contributed by atoms with Gasteiger partial charge in [0.2, 0.25) is 0 Å². The number of hydrogen-bond donors (Lipinski definition) is 0. The topological polar surface area (TPSA) is 29.0 Å².